The maximum Gasteiger partial charge on any atom is 0.293 e. The molecule has 2 aromatic carbocycles. The fourth-order valence-electron chi connectivity index (χ4n) is 7.59. The molecule has 7 rings (SSSR count). The van der Waals surface area contributed by atoms with Crippen molar-refractivity contribution in [2.75, 3.05) is 81.7 Å². The number of halogens is 1. The summed E-state index contributed by atoms with van der Waals surface area (Å²) in [5.41, 5.74) is 2.38. The molecular formula is C40H47ClN10O7. The standard InChI is InChI=1S/C40H47ClN10O7/c1-42-35(53)23-58-33-19-25-18-26(4-8-31(25)48(2)39(33)56)44-36-29(41)21-43-40(47-36)51-16-14-49(15-17-51)22-24-10-12-50(13-11-24)27-5-6-28(32(20-27)57-3)37(54)45-30-7-9-34(52)46-38(30)55/h4-6,8,18-21,24,30H,7,9-17,22-23H2,1-3H3,(H,42,53)(H,45,54)(H,43,44,47)(H,46,52,55). The smallest absolute Gasteiger partial charge is 0.293 e. The van der Waals surface area contributed by atoms with Crippen LogP contribution in [0.2, 0.25) is 5.02 Å². The third kappa shape index (κ3) is 9.10. The van der Waals surface area contributed by atoms with E-state index in [2.05, 4.69) is 41.0 Å². The largest absolute Gasteiger partial charge is 0.496 e. The number of anilines is 4. The van der Waals surface area contributed by atoms with Gasteiger partial charge in [0.2, 0.25) is 17.8 Å². The maximum atomic E-state index is 13.0. The van der Waals surface area contributed by atoms with Crippen molar-refractivity contribution in [1.29, 1.82) is 0 Å². The molecule has 5 heterocycles. The third-order valence-corrected chi connectivity index (χ3v) is 11.2. The van der Waals surface area contributed by atoms with Gasteiger partial charge in [0.25, 0.3) is 17.4 Å². The highest BCUT2D eigenvalue weighted by atomic mass is 35.5. The number of hydrogen-bond donors (Lipinski definition) is 4. The fraction of sp³-hybridized carbons (Fsp3) is 0.425. The van der Waals surface area contributed by atoms with E-state index in [1.807, 2.05) is 30.3 Å². The minimum Gasteiger partial charge on any atom is -0.496 e. The SMILES string of the molecule is CNC(=O)COc1cc2cc(Nc3nc(N4CCN(CC5CCN(c6ccc(C(=O)NC7CCC(=O)NC7=O)c(OC)c6)CC5)CC4)ncc3Cl)ccc2n(C)c1=O. The predicted molar refractivity (Wildman–Crippen MR) is 219 cm³/mol. The van der Waals surface area contributed by atoms with Crippen LogP contribution in [0.1, 0.15) is 36.0 Å². The Balaban J connectivity index is 0.905. The number of carbonyl (C=O) groups excluding carboxylic acids is 4. The number of aromatic nitrogens is 3. The predicted octanol–water partition coefficient (Wildman–Crippen LogP) is 2.43. The molecule has 2 aromatic heterocycles. The third-order valence-electron chi connectivity index (χ3n) is 10.9. The number of carbonyl (C=O) groups is 4. The zero-order chi connectivity index (χ0) is 40.9. The van der Waals surface area contributed by atoms with Gasteiger partial charge in [-0.05, 0) is 61.6 Å². The second-order valence-electron chi connectivity index (χ2n) is 14.7. The fourth-order valence-corrected chi connectivity index (χ4v) is 7.72. The van der Waals surface area contributed by atoms with Crippen molar-refractivity contribution in [2.24, 2.45) is 13.0 Å². The van der Waals surface area contributed by atoms with E-state index < -0.39 is 17.9 Å². The summed E-state index contributed by atoms with van der Waals surface area (Å²) in [6, 6.07) is 11.9. The second kappa shape index (κ2) is 17.7. The summed E-state index contributed by atoms with van der Waals surface area (Å²) in [6.45, 7) is 5.79. The first kappa shape index (κ1) is 40.3. The van der Waals surface area contributed by atoms with Gasteiger partial charge in [0, 0.05) is 89.2 Å². The van der Waals surface area contributed by atoms with Crippen LogP contribution in [0, 0.1) is 5.92 Å². The number of ether oxygens (including phenoxy) is 2. The van der Waals surface area contributed by atoms with Crippen LogP contribution in [0.3, 0.4) is 0 Å². The van der Waals surface area contributed by atoms with E-state index in [0.717, 1.165) is 69.7 Å². The summed E-state index contributed by atoms with van der Waals surface area (Å²) in [7, 11) is 4.68. The molecule has 3 fully saturated rings. The molecule has 0 radical (unpaired) electrons. The van der Waals surface area contributed by atoms with Gasteiger partial charge in [-0.3, -0.25) is 34.2 Å². The van der Waals surface area contributed by atoms with E-state index in [1.54, 1.807) is 25.4 Å². The summed E-state index contributed by atoms with van der Waals surface area (Å²) in [5, 5.41) is 11.9. The molecule has 0 spiro atoms. The van der Waals surface area contributed by atoms with Crippen LogP contribution in [0.25, 0.3) is 10.9 Å². The molecule has 4 amide bonds. The molecule has 1 atom stereocenters. The number of nitrogens with zero attached hydrogens (tertiary/aromatic N) is 6. The zero-order valence-corrected chi connectivity index (χ0v) is 33.4. The lowest BCUT2D eigenvalue weighted by Crippen LogP contribution is -2.52. The van der Waals surface area contributed by atoms with Gasteiger partial charge in [-0.1, -0.05) is 11.6 Å². The molecule has 3 saturated heterocycles. The summed E-state index contributed by atoms with van der Waals surface area (Å²) >= 11 is 6.55. The van der Waals surface area contributed by atoms with Gasteiger partial charge in [-0.2, -0.15) is 4.98 Å². The summed E-state index contributed by atoms with van der Waals surface area (Å²) in [5.74, 6) is 0.510. The number of amides is 4. The number of imide groups is 1. The van der Waals surface area contributed by atoms with Crippen molar-refractivity contribution in [3.8, 4) is 11.5 Å². The lowest BCUT2D eigenvalue weighted by atomic mass is 9.95. The minimum absolute atomic E-state index is 0.0743. The molecule has 306 valence electrons. The van der Waals surface area contributed by atoms with Crippen LogP contribution in [0.5, 0.6) is 11.5 Å². The first-order valence-electron chi connectivity index (χ1n) is 19.3. The average molecular weight is 815 g/mol. The first-order valence-corrected chi connectivity index (χ1v) is 19.7. The van der Waals surface area contributed by atoms with E-state index in [0.29, 0.717) is 45.2 Å². The Labute approximate surface area is 340 Å². The molecule has 0 bridgehead atoms. The number of pyridine rings is 1. The van der Waals surface area contributed by atoms with Gasteiger partial charge < -0.3 is 39.8 Å². The number of piperidine rings is 2. The Hall–Kier alpha value is -5.94. The van der Waals surface area contributed by atoms with Gasteiger partial charge in [0.15, 0.2) is 18.2 Å². The summed E-state index contributed by atoms with van der Waals surface area (Å²) in [4.78, 5) is 77.4. The minimum atomic E-state index is -0.762. The van der Waals surface area contributed by atoms with Crippen LogP contribution in [-0.2, 0) is 21.4 Å². The number of piperazine rings is 1. The maximum absolute atomic E-state index is 13.0. The highest BCUT2D eigenvalue weighted by Gasteiger charge is 2.30. The Morgan fingerprint density at radius 2 is 1.72 bits per heavy atom. The highest BCUT2D eigenvalue weighted by Crippen LogP contribution is 2.31. The number of hydrogen-bond acceptors (Lipinski definition) is 13. The number of nitrogens with one attached hydrogen (secondary N) is 4. The Kier molecular flexibility index (Phi) is 12.3. The number of rotatable bonds is 12. The highest BCUT2D eigenvalue weighted by molar-refractivity contribution is 6.33. The Bertz CT molecular complexity index is 2270. The molecule has 0 aliphatic carbocycles. The summed E-state index contributed by atoms with van der Waals surface area (Å²) < 4.78 is 12.6. The topological polar surface area (TPSA) is 192 Å². The van der Waals surface area contributed by atoms with Gasteiger partial charge in [-0.15, -0.1) is 0 Å². The Morgan fingerprint density at radius 1 is 0.948 bits per heavy atom. The second-order valence-corrected chi connectivity index (χ2v) is 15.1. The van der Waals surface area contributed by atoms with Crippen LogP contribution in [0.4, 0.5) is 23.1 Å². The van der Waals surface area contributed by atoms with E-state index in [-0.39, 0.29) is 42.6 Å². The van der Waals surface area contributed by atoms with Gasteiger partial charge in [-0.25, -0.2) is 4.98 Å². The lowest BCUT2D eigenvalue weighted by Gasteiger charge is -2.39. The van der Waals surface area contributed by atoms with Crippen LogP contribution in [0.15, 0.2) is 53.5 Å². The molecule has 0 saturated carbocycles. The van der Waals surface area contributed by atoms with Crippen molar-refractivity contribution >= 4 is 69.3 Å². The van der Waals surface area contributed by atoms with Crippen LogP contribution >= 0.6 is 11.6 Å². The molecule has 3 aliphatic rings. The zero-order valence-electron chi connectivity index (χ0n) is 32.7. The molecule has 18 heteroatoms. The van der Waals surface area contributed by atoms with E-state index in [4.69, 9.17) is 26.1 Å². The van der Waals surface area contributed by atoms with Crippen molar-refractivity contribution in [3.63, 3.8) is 0 Å². The van der Waals surface area contributed by atoms with E-state index in [1.165, 1.54) is 18.7 Å². The normalized spacial score (nSPS) is 17.8. The van der Waals surface area contributed by atoms with Crippen molar-refractivity contribution in [3.05, 3.63) is 69.6 Å². The first-order chi connectivity index (χ1) is 28.0. The van der Waals surface area contributed by atoms with Gasteiger partial charge in [0.05, 0.1) is 24.4 Å². The Morgan fingerprint density at radius 3 is 2.45 bits per heavy atom. The molecule has 3 aliphatic heterocycles. The number of fused-ring (bicyclic) bond motifs is 1. The van der Waals surface area contributed by atoms with E-state index >= 15 is 0 Å². The lowest BCUT2D eigenvalue weighted by molar-refractivity contribution is -0.134. The quantitative estimate of drug-likeness (QED) is 0.153. The van der Waals surface area contributed by atoms with Crippen molar-refractivity contribution < 1.29 is 28.7 Å². The van der Waals surface area contributed by atoms with Crippen molar-refractivity contribution in [1.82, 2.24) is 35.4 Å². The van der Waals surface area contributed by atoms with Gasteiger partial charge >= 0.3 is 0 Å². The average Bonchev–Trinajstić information content (AvgIpc) is 3.23. The van der Waals surface area contributed by atoms with E-state index in [9.17, 15) is 24.0 Å². The number of methoxy groups -OCH3 is 1. The monoisotopic (exact) mass is 814 g/mol. The van der Waals surface area contributed by atoms with Crippen molar-refractivity contribution in [2.45, 2.75) is 31.7 Å². The number of aryl methyl sites for hydroxylation is 1. The number of benzene rings is 2. The molecule has 17 nitrogen and oxygen atoms in total. The molecule has 4 aromatic rings. The molecular weight excluding hydrogens is 768 g/mol. The molecule has 1 unspecified atom stereocenters. The molecule has 58 heavy (non-hydrogen) atoms. The van der Waals surface area contributed by atoms with Crippen LogP contribution < -0.4 is 46.1 Å². The summed E-state index contributed by atoms with van der Waals surface area (Å²) in [6.07, 6.45) is 4.11. The number of likely N-dealkylation sites (N-methyl/N-ethyl adjacent to an activating group) is 1. The van der Waals surface area contributed by atoms with Gasteiger partial charge in [0.1, 0.15) is 16.8 Å². The van der Waals surface area contributed by atoms with Crippen LogP contribution in [-0.4, -0.2) is 116 Å². The molecule has 4 N–H and O–H groups in total.